The van der Waals surface area contributed by atoms with E-state index in [1.807, 2.05) is 0 Å². The topological polar surface area (TPSA) is 46.2 Å². The van der Waals surface area contributed by atoms with Gasteiger partial charge in [-0.05, 0) is 12.1 Å². The van der Waals surface area contributed by atoms with Gasteiger partial charge in [-0.2, -0.15) is 0 Å². The normalized spacial score (nSPS) is 13.1. The van der Waals surface area contributed by atoms with Crippen molar-refractivity contribution in [2.24, 2.45) is 0 Å². The van der Waals surface area contributed by atoms with Crippen LogP contribution in [0.3, 0.4) is 0 Å². The molecule has 0 atom stereocenters. The van der Waals surface area contributed by atoms with Gasteiger partial charge in [-0.1, -0.05) is 46.9 Å². The summed E-state index contributed by atoms with van der Waals surface area (Å²) in [5.74, 6) is -0.601. The summed E-state index contributed by atoms with van der Waals surface area (Å²) in [6.07, 6.45) is 0. The van der Waals surface area contributed by atoms with Crippen LogP contribution >= 0.6 is 34.8 Å². The minimum Gasteiger partial charge on any atom is -0.288 e. The van der Waals surface area contributed by atoms with E-state index in [4.69, 9.17) is 34.8 Å². The third-order valence-corrected chi connectivity index (χ3v) is 1.64. The van der Waals surface area contributed by atoms with Crippen molar-refractivity contribution in [3.05, 3.63) is 35.4 Å². The lowest BCUT2D eigenvalue weighted by Crippen LogP contribution is -2.19. The largest absolute Gasteiger partial charge is 0.288 e. The van der Waals surface area contributed by atoms with Gasteiger partial charge in [-0.15, -0.1) is 0 Å². The molecule has 0 radical (unpaired) electrons. The van der Waals surface area contributed by atoms with Gasteiger partial charge in [-0.25, -0.2) is 0 Å². The average molecular weight is 267 g/mol. The van der Waals surface area contributed by atoms with Crippen LogP contribution in [0, 0.1) is 0 Å². The fourth-order valence-corrected chi connectivity index (χ4v) is 1.12. The van der Waals surface area contributed by atoms with Crippen LogP contribution in [0.2, 0.25) is 0 Å². The smallest absolute Gasteiger partial charge is 0.258 e. The number of alkyl halides is 3. The van der Waals surface area contributed by atoms with Crippen LogP contribution in [0.1, 0.15) is 20.7 Å². The number of hydrogen-bond acceptors (Lipinski definition) is 2. The van der Waals surface area contributed by atoms with Gasteiger partial charge in [0.1, 0.15) is 0 Å². The molecule has 0 saturated carbocycles. The molecule has 1 N–H and O–H groups in total. The van der Waals surface area contributed by atoms with E-state index >= 15 is 0 Å². The highest BCUT2D eigenvalue weighted by Crippen LogP contribution is 2.13. The highest BCUT2D eigenvalue weighted by atomic mass is 35.6. The van der Waals surface area contributed by atoms with Gasteiger partial charge < -0.3 is 0 Å². The van der Waals surface area contributed by atoms with Crippen molar-refractivity contribution in [3.63, 3.8) is 0 Å². The fourth-order valence-electron chi connectivity index (χ4n) is 1.12. The van der Waals surface area contributed by atoms with Gasteiger partial charge in [-0.3, -0.25) is 14.9 Å². The van der Waals surface area contributed by atoms with Crippen molar-refractivity contribution in [2.75, 3.05) is 0 Å². The monoisotopic (exact) mass is 265 g/mol. The Bertz CT molecular complexity index is 357. The Morgan fingerprint density at radius 2 is 1.27 bits per heavy atom. The third-order valence-electron chi connectivity index (χ3n) is 1.64. The third kappa shape index (κ3) is 3.38. The van der Waals surface area contributed by atoms with E-state index in [1.165, 1.54) is 0 Å². The van der Waals surface area contributed by atoms with Gasteiger partial charge >= 0.3 is 0 Å². The van der Waals surface area contributed by atoms with E-state index in [9.17, 15) is 9.59 Å². The van der Waals surface area contributed by atoms with Crippen LogP contribution in [0.25, 0.3) is 0 Å². The molecule has 1 heterocycles. The molecule has 0 bridgehead atoms. The van der Waals surface area contributed by atoms with Gasteiger partial charge in [0.25, 0.3) is 11.8 Å². The second-order valence-electron chi connectivity index (χ2n) is 2.58. The summed E-state index contributed by atoms with van der Waals surface area (Å²) < 4.78 is -0.750. The Labute approximate surface area is 101 Å². The zero-order valence-electron chi connectivity index (χ0n) is 7.34. The molecular weight excluding hydrogens is 260 g/mol. The molecule has 0 fully saturated rings. The number of nitrogens with one attached hydrogen (secondary N) is 1. The first-order chi connectivity index (χ1) is 7.02. The van der Waals surface area contributed by atoms with E-state index in [0.29, 0.717) is 11.1 Å². The van der Waals surface area contributed by atoms with Gasteiger partial charge in [0.2, 0.25) is 0 Å². The summed E-state index contributed by atoms with van der Waals surface area (Å²) >= 11 is 14.4. The van der Waals surface area contributed by atoms with Gasteiger partial charge in [0.05, 0.1) is 11.1 Å². The second kappa shape index (κ2) is 5.35. The second-order valence-corrected chi connectivity index (χ2v) is 4.56. The Hall–Kier alpha value is -0.770. The Morgan fingerprint density at radius 3 is 1.60 bits per heavy atom. The zero-order valence-corrected chi connectivity index (χ0v) is 9.60. The van der Waals surface area contributed by atoms with Gasteiger partial charge in [0.15, 0.2) is 4.30 Å². The SMILES string of the molecule is ClC(Cl)Cl.O=C1NC(=O)c2ccccc21. The highest BCUT2D eigenvalue weighted by molar-refractivity contribution is 6.63. The molecule has 6 heteroatoms. The first-order valence-electron chi connectivity index (χ1n) is 3.89. The maximum Gasteiger partial charge on any atom is 0.258 e. The van der Waals surface area contributed by atoms with Crippen molar-refractivity contribution in [3.8, 4) is 0 Å². The maximum absolute atomic E-state index is 10.9. The van der Waals surface area contributed by atoms with Crippen molar-refractivity contribution in [1.82, 2.24) is 5.32 Å². The number of rotatable bonds is 0. The van der Waals surface area contributed by atoms with E-state index < -0.39 is 4.30 Å². The van der Waals surface area contributed by atoms with Crippen LogP contribution in [0.5, 0.6) is 0 Å². The number of amides is 2. The predicted molar refractivity (Wildman–Crippen MR) is 59.6 cm³/mol. The molecule has 0 aliphatic carbocycles. The molecule has 15 heavy (non-hydrogen) atoms. The lowest BCUT2D eigenvalue weighted by molar-refractivity contribution is 0.0879. The minimum absolute atomic E-state index is 0.300. The molecule has 1 aromatic rings. The number of carbonyl (C=O) groups is 2. The van der Waals surface area contributed by atoms with Crippen molar-refractivity contribution in [2.45, 2.75) is 4.30 Å². The van der Waals surface area contributed by atoms with Crippen LogP contribution in [0.4, 0.5) is 0 Å². The fraction of sp³-hybridized carbons (Fsp3) is 0.111. The molecule has 2 amide bonds. The summed E-state index contributed by atoms with van der Waals surface area (Å²) in [5, 5.41) is 2.20. The summed E-state index contributed by atoms with van der Waals surface area (Å²) in [7, 11) is 0. The maximum atomic E-state index is 10.9. The number of imide groups is 1. The molecule has 0 aromatic heterocycles. The molecule has 80 valence electrons. The van der Waals surface area contributed by atoms with Crippen molar-refractivity contribution < 1.29 is 9.59 Å². The van der Waals surface area contributed by atoms with Crippen LogP contribution in [0.15, 0.2) is 24.3 Å². The Morgan fingerprint density at radius 1 is 0.933 bits per heavy atom. The van der Waals surface area contributed by atoms with Crippen LogP contribution in [-0.4, -0.2) is 16.1 Å². The number of carbonyl (C=O) groups excluding carboxylic acids is 2. The quantitative estimate of drug-likeness (QED) is 0.579. The number of halogens is 3. The summed E-state index contributed by atoms with van der Waals surface area (Å²) in [4.78, 5) is 21.9. The standard InChI is InChI=1S/C8H5NO2.CHCl3/c10-7-5-3-1-2-4-6(5)8(11)9-7;2-1(3)4/h1-4H,(H,9,10,11);1H. The first-order valence-corrected chi connectivity index (χ1v) is 5.20. The molecule has 0 saturated heterocycles. The molecule has 0 spiro atoms. The number of benzene rings is 1. The van der Waals surface area contributed by atoms with E-state index in [1.54, 1.807) is 24.3 Å². The molecule has 2 rings (SSSR count). The summed E-state index contributed by atoms with van der Waals surface area (Å²) in [6, 6.07) is 6.74. The van der Waals surface area contributed by atoms with E-state index in [0.717, 1.165) is 0 Å². The summed E-state index contributed by atoms with van der Waals surface area (Å²) in [6.45, 7) is 0. The highest BCUT2D eigenvalue weighted by Gasteiger charge is 2.25. The minimum atomic E-state index is -0.750. The predicted octanol–water partition coefficient (Wildman–Crippen LogP) is 2.56. The number of fused-ring (bicyclic) bond motifs is 1. The molecular formula is C9H6Cl3NO2. The Kier molecular flexibility index (Phi) is 4.39. The number of hydrogen-bond donors (Lipinski definition) is 1. The van der Waals surface area contributed by atoms with Crippen molar-refractivity contribution >= 4 is 46.6 Å². The van der Waals surface area contributed by atoms with E-state index in [2.05, 4.69) is 5.32 Å². The zero-order chi connectivity index (χ0) is 11.4. The molecule has 1 aliphatic heterocycles. The lowest BCUT2D eigenvalue weighted by Gasteiger charge is -1.88. The average Bonchev–Trinajstić information content (AvgIpc) is 2.43. The van der Waals surface area contributed by atoms with E-state index in [-0.39, 0.29) is 11.8 Å². The lowest BCUT2D eigenvalue weighted by atomic mass is 10.1. The first kappa shape index (κ1) is 12.3. The molecule has 1 aliphatic rings. The molecule has 0 unspecified atom stereocenters. The van der Waals surface area contributed by atoms with Gasteiger partial charge in [0, 0.05) is 0 Å². The van der Waals surface area contributed by atoms with Crippen molar-refractivity contribution in [1.29, 1.82) is 0 Å². The molecule has 3 nitrogen and oxygen atoms in total. The molecule has 1 aromatic carbocycles. The van der Waals surface area contributed by atoms with Crippen LogP contribution in [-0.2, 0) is 0 Å². The Balaban J connectivity index is 0.000000245. The van der Waals surface area contributed by atoms with Crippen LogP contribution < -0.4 is 5.32 Å². The summed E-state index contributed by atoms with van der Waals surface area (Å²) in [5.41, 5.74) is 0.940.